The summed E-state index contributed by atoms with van der Waals surface area (Å²) in [4.78, 5) is 28.5. The molecular formula is C23H26F2N2O3. The van der Waals surface area contributed by atoms with Crippen molar-refractivity contribution in [3.8, 4) is 5.75 Å². The van der Waals surface area contributed by atoms with E-state index in [-0.39, 0.29) is 24.0 Å². The van der Waals surface area contributed by atoms with Crippen LogP contribution in [0.25, 0.3) is 0 Å². The zero-order valence-corrected chi connectivity index (χ0v) is 16.8. The molecule has 160 valence electrons. The topological polar surface area (TPSA) is 49.9 Å². The molecule has 30 heavy (non-hydrogen) atoms. The van der Waals surface area contributed by atoms with Crippen molar-refractivity contribution in [3.63, 3.8) is 0 Å². The molecule has 1 saturated heterocycles. The van der Waals surface area contributed by atoms with E-state index in [1.807, 2.05) is 23.1 Å². The maximum atomic E-state index is 12.5. The molecule has 1 aliphatic heterocycles. The summed E-state index contributed by atoms with van der Waals surface area (Å²) in [6.45, 7) is -0.769. The molecule has 0 spiro atoms. The smallest absolute Gasteiger partial charge is 0.387 e. The lowest BCUT2D eigenvalue weighted by Crippen LogP contribution is -2.51. The van der Waals surface area contributed by atoms with Gasteiger partial charge in [-0.25, -0.2) is 0 Å². The van der Waals surface area contributed by atoms with Gasteiger partial charge in [-0.2, -0.15) is 8.78 Å². The molecule has 0 bridgehead atoms. The van der Waals surface area contributed by atoms with Gasteiger partial charge in [-0.15, -0.1) is 0 Å². The molecule has 2 aromatic carbocycles. The van der Waals surface area contributed by atoms with Crippen molar-refractivity contribution in [2.24, 2.45) is 0 Å². The lowest BCUT2D eigenvalue weighted by atomic mass is 10.1. The number of rotatable bonds is 8. The molecule has 0 aliphatic carbocycles. The fraction of sp³-hybridized carbons (Fsp3) is 0.391. The molecule has 3 rings (SSSR count). The zero-order valence-electron chi connectivity index (χ0n) is 16.8. The predicted molar refractivity (Wildman–Crippen MR) is 109 cm³/mol. The fourth-order valence-corrected chi connectivity index (χ4v) is 3.53. The molecule has 7 heteroatoms. The van der Waals surface area contributed by atoms with Crippen LogP contribution in [0, 0.1) is 0 Å². The lowest BCUT2D eigenvalue weighted by molar-refractivity contribution is -0.139. The van der Waals surface area contributed by atoms with Crippen LogP contribution in [0.5, 0.6) is 5.75 Å². The van der Waals surface area contributed by atoms with Crippen molar-refractivity contribution < 1.29 is 23.1 Å². The number of hydrogen-bond donors (Lipinski definition) is 0. The number of aryl methyl sites for hydroxylation is 1. The van der Waals surface area contributed by atoms with Crippen molar-refractivity contribution in [1.82, 2.24) is 9.80 Å². The summed E-state index contributed by atoms with van der Waals surface area (Å²) in [6, 6.07) is 16.2. The SMILES string of the molecule is O=C(CCCc1ccccc1)N1CCN(C(=O)Cc2ccc(OC(F)F)cc2)CC1. The monoisotopic (exact) mass is 416 g/mol. The molecule has 1 aliphatic rings. The van der Waals surface area contributed by atoms with Gasteiger partial charge in [0.05, 0.1) is 6.42 Å². The molecule has 1 heterocycles. The van der Waals surface area contributed by atoms with E-state index in [1.54, 1.807) is 17.0 Å². The van der Waals surface area contributed by atoms with Crippen LogP contribution in [0.15, 0.2) is 54.6 Å². The van der Waals surface area contributed by atoms with Crippen LogP contribution >= 0.6 is 0 Å². The second kappa shape index (κ2) is 10.7. The quantitative estimate of drug-likeness (QED) is 0.662. The normalized spacial score (nSPS) is 14.1. The molecule has 0 unspecified atom stereocenters. The summed E-state index contributed by atoms with van der Waals surface area (Å²) in [5.74, 6) is 0.168. The van der Waals surface area contributed by atoms with E-state index >= 15 is 0 Å². The highest BCUT2D eigenvalue weighted by Crippen LogP contribution is 2.16. The van der Waals surface area contributed by atoms with Crippen LogP contribution in [0.2, 0.25) is 0 Å². The van der Waals surface area contributed by atoms with Crippen molar-refractivity contribution in [2.75, 3.05) is 26.2 Å². The van der Waals surface area contributed by atoms with Crippen LogP contribution in [-0.4, -0.2) is 54.4 Å². The predicted octanol–water partition coefficient (Wildman–Crippen LogP) is 3.52. The first-order valence-electron chi connectivity index (χ1n) is 10.1. The molecule has 0 aromatic heterocycles. The van der Waals surface area contributed by atoms with E-state index in [1.165, 1.54) is 17.7 Å². The molecule has 2 amide bonds. The number of piperazine rings is 1. The zero-order chi connectivity index (χ0) is 21.3. The molecule has 5 nitrogen and oxygen atoms in total. The van der Waals surface area contributed by atoms with Crippen LogP contribution in [0.4, 0.5) is 8.78 Å². The van der Waals surface area contributed by atoms with Crippen LogP contribution in [0.3, 0.4) is 0 Å². The highest BCUT2D eigenvalue weighted by molar-refractivity contribution is 5.80. The standard InChI is InChI=1S/C23H26F2N2O3/c24-23(25)30-20-11-9-19(10-12-20)17-22(29)27-15-13-26(14-16-27)21(28)8-4-7-18-5-2-1-3-6-18/h1-3,5-6,9-12,23H,4,7-8,13-17H2. The van der Waals surface area contributed by atoms with E-state index in [2.05, 4.69) is 16.9 Å². The number of hydrogen-bond acceptors (Lipinski definition) is 3. The molecular weight excluding hydrogens is 390 g/mol. The van der Waals surface area contributed by atoms with Gasteiger partial charge in [0.2, 0.25) is 11.8 Å². The number of ether oxygens (including phenoxy) is 1. The van der Waals surface area contributed by atoms with Gasteiger partial charge in [-0.05, 0) is 36.1 Å². The summed E-state index contributed by atoms with van der Waals surface area (Å²) >= 11 is 0. The summed E-state index contributed by atoms with van der Waals surface area (Å²) in [7, 11) is 0. The minimum Gasteiger partial charge on any atom is -0.435 e. The summed E-state index contributed by atoms with van der Waals surface area (Å²) in [5, 5.41) is 0. The Morgan fingerprint density at radius 2 is 1.43 bits per heavy atom. The summed E-state index contributed by atoms with van der Waals surface area (Å²) < 4.78 is 28.7. The number of alkyl halides is 2. The van der Waals surface area contributed by atoms with Gasteiger partial charge in [-0.1, -0.05) is 42.5 Å². The Labute approximate surface area is 175 Å². The number of halogens is 2. The van der Waals surface area contributed by atoms with Gasteiger partial charge in [0.15, 0.2) is 0 Å². The number of benzene rings is 2. The highest BCUT2D eigenvalue weighted by Gasteiger charge is 2.23. The number of amides is 2. The Balaban J connectivity index is 1.38. The summed E-state index contributed by atoms with van der Waals surface area (Å²) in [5.41, 5.74) is 1.97. The Morgan fingerprint density at radius 1 is 0.833 bits per heavy atom. The average molecular weight is 416 g/mol. The number of nitrogens with zero attached hydrogens (tertiary/aromatic N) is 2. The first kappa shape index (κ1) is 21.7. The van der Waals surface area contributed by atoms with E-state index in [4.69, 9.17) is 0 Å². The Kier molecular flexibility index (Phi) is 7.76. The molecule has 0 saturated carbocycles. The number of carbonyl (C=O) groups is 2. The maximum absolute atomic E-state index is 12.5. The van der Waals surface area contributed by atoms with Gasteiger partial charge >= 0.3 is 6.61 Å². The van der Waals surface area contributed by atoms with E-state index < -0.39 is 6.61 Å². The highest BCUT2D eigenvalue weighted by atomic mass is 19.3. The number of carbonyl (C=O) groups excluding carboxylic acids is 2. The molecule has 2 aromatic rings. The van der Waals surface area contributed by atoms with Crippen LogP contribution in [0.1, 0.15) is 24.0 Å². The van der Waals surface area contributed by atoms with Crippen molar-refractivity contribution in [2.45, 2.75) is 32.3 Å². The minimum absolute atomic E-state index is 0.0336. The Morgan fingerprint density at radius 3 is 2.03 bits per heavy atom. The second-order valence-corrected chi connectivity index (χ2v) is 7.30. The third-order valence-corrected chi connectivity index (χ3v) is 5.19. The Bertz CT molecular complexity index is 820. The van der Waals surface area contributed by atoms with E-state index in [9.17, 15) is 18.4 Å². The first-order chi connectivity index (χ1) is 14.5. The van der Waals surface area contributed by atoms with Crippen molar-refractivity contribution >= 4 is 11.8 Å². The van der Waals surface area contributed by atoms with Gasteiger partial charge < -0.3 is 14.5 Å². The maximum Gasteiger partial charge on any atom is 0.387 e. The first-order valence-corrected chi connectivity index (χ1v) is 10.1. The van der Waals surface area contributed by atoms with Crippen LogP contribution < -0.4 is 4.74 Å². The second-order valence-electron chi connectivity index (χ2n) is 7.30. The molecule has 0 atom stereocenters. The van der Waals surface area contributed by atoms with Crippen molar-refractivity contribution in [3.05, 3.63) is 65.7 Å². The molecule has 1 fully saturated rings. The minimum atomic E-state index is -2.87. The van der Waals surface area contributed by atoms with E-state index in [0.29, 0.717) is 32.6 Å². The average Bonchev–Trinajstić information content (AvgIpc) is 2.75. The third-order valence-electron chi connectivity index (χ3n) is 5.19. The van der Waals surface area contributed by atoms with Gasteiger partial charge in [-0.3, -0.25) is 9.59 Å². The molecule has 0 radical (unpaired) electrons. The third kappa shape index (κ3) is 6.54. The fourth-order valence-electron chi connectivity index (χ4n) is 3.53. The van der Waals surface area contributed by atoms with E-state index in [0.717, 1.165) is 18.4 Å². The van der Waals surface area contributed by atoms with Gasteiger partial charge in [0, 0.05) is 32.6 Å². The van der Waals surface area contributed by atoms with Gasteiger partial charge in [0.1, 0.15) is 5.75 Å². The molecule has 0 N–H and O–H groups in total. The largest absolute Gasteiger partial charge is 0.435 e. The summed E-state index contributed by atoms with van der Waals surface area (Å²) in [6.07, 6.45) is 2.40. The van der Waals surface area contributed by atoms with Gasteiger partial charge in [0.25, 0.3) is 0 Å². The Hall–Kier alpha value is -2.96. The van der Waals surface area contributed by atoms with Crippen LogP contribution in [-0.2, 0) is 22.4 Å². The van der Waals surface area contributed by atoms with Crippen molar-refractivity contribution in [1.29, 1.82) is 0 Å². The lowest BCUT2D eigenvalue weighted by Gasteiger charge is -2.35.